The van der Waals surface area contributed by atoms with Gasteiger partial charge >= 0.3 is 5.97 Å². The van der Waals surface area contributed by atoms with Gasteiger partial charge < -0.3 is 14.6 Å². The maximum atomic E-state index is 11.9. The van der Waals surface area contributed by atoms with Gasteiger partial charge in [-0.15, -0.1) is 0 Å². The number of aromatic hydroxyl groups is 1. The van der Waals surface area contributed by atoms with Crippen LogP contribution in [0.4, 0.5) is 0 Å². The Morgan fingerprint density at radius 1 is 1.26 bits per heavy atom. The Hall–Kier alpha value is -2.04. The first-order valence-corrected chi connectivity index (χ1v) is 5.85. The van der Waals surface area contributed by atoms with Crippen molar-refractivity contribution < 1.29 is 24.2 Å². The molecule has 1 aromatic carbocycles. The minimum Gasteiger partial charge on any atom is -0.507 e. The molecule has 0 atom stereocenters. The topological polar surface area (TPSA) is 72.8 Å². The standard InChI is InChI=1S/C14H18O5/c1-14(2,3)19-13(17)8-12(16)10-7-9(18-4)5-6-11(10)15/h5-7,15H,8H2,1-4H3. The molecule has 1 aromatic rings. The number of esters is 1. The third kappa shape index (κ3) is 4.62. The number of ether oxygens (including phenoxy) is 2. The zero-order valence-corrected chi connectivity index (χ0v) is 11.5. The molecule has 5 heteroatoms. The smallest absolute Gasteiger partial charge is 0.314 e. The average molecular weight is 266 g/mol. The fraction of sp³-hybridized carbons (Fsp3) is 0.429. The van der Waals surface area contributed by atoms with Crippen LogP contribution in [-0.4, -0.2) is 29.6 Å². The molecule has 0 aromatic heterocycles. The van der Waals surface area contributed by atoms with Crippen LogP contribution in [0.25, 0.3) is 0 Å². The Balaban J connectivity index is 2.81. The molecular weight excluding hydrogens is 248 g/mol. The lowest BCUT2D eigenvalue weighted by molar-refractivity contribution is -0.153. The predicted octanol–water partition coefficient (Wildman–Crippen LogP) is 2.32. The number of methoxy groups -OCH3 is 1. The van der Waals surface area contributed by atoms with Gasteiger partial charge in [0.25, 0.3) is 0 Å². The Kier molecular flexibility index (Phi) is 4.53. The minimum atomic E-state index is -0.645. The van der Waals surface area contributed by atoms with Crippen molar-refractivity contribution in [2.24, 2.45) is 0 Å². The van der Waals surface area contributed by atoms with Crippen molar-refractivity contribution in [3.05, 3.63) is 23.8 Å². The van der Waals surface area contributed by atoms with E-state index in [-0.39, 0.29) is 11.3 Å². The van der Waals surface area contributed by atoms with E-state index >= 15 is 0 Å². The molecule has 19 heavy (non-hydrogen) atoms. The van der Waals surface area contributed by atoms with Crippen LogP contribution in [0.3, 0.4) is 0 Å². The molecule has 0 aliphatic heterocycles. The van der Waals surface area contributed by atoms with Crippen molar-refractivity contribution in [2.45, 2.75) is 32.8 Å². The second-order valence-electron chi connectivity index (χ2n) is 5.07. The molecule has 0 fully saturated rings. The molecule has 0 unspecified atom stereocenters. The van der Waals surface area contributed by atoms with E-state index in [0.717, 1.165) is 0 Å². The summed E-state index contributed by atoms with van der Waals surface area (Å²) in [4.78, 5) is 23.5. The van der Waals surface area contributed by atoms with Crippen LogP contribution in [-0.2, 0) is 9.53 Å². The minimum absolute atomic E-state index is 0.0465. The van der Waals surface area contributed by atoms with E-state index in [1.807, 2.05) is 0 Å². The first kappa shape index (κ1) is 15.0. The lowest BCUT2D eigenvalue weighted by atomic mass is 10.1. The molecule has 0 radical (unpaired) electrons. The number of Topliss-reactive ketones (excluding diaryl/α,β-unsaturated/α-hetero) is 1. The number of rotatable bonds is 4. The molecule has 0 aliphatic carbocycles. The Morgan fingerprint density at radius 2 is 1.89 bits per heavy atom. The summed E-state index contributed by atoms with van der Waals surface area (Å²) in [6.45, 7) is 5.16. The molecule has 0 bridgehead atoms. The second-order valence-corrected chi connectivity index (χ2v) is 5.07. The molecule has 0 saturated carbocycles. The second kappa shape index (κ2) is 5.73. The van der Waals surface area contributed by atoms with Gasteiger partial charge in [0.05, 0.1) is 12.7 Å². The van der Waals surface area contributed by atoms with Gasteiger partial charge in [0.1, 0.15) is 23.5 Å². The summed E-state index contributed by atoms with van der Waals surface area (Å²) in [6, 6.07) is 4.27. The highest BCUT2D eigenvalue weighted by atomic mass is 16.6. The van der Waals surface area contributed by atoms with E-state index < -0.39 is 23.8 Å². The predicted molar refractivity (Wildman–Crippen MR) is 69.5 cm³/mol. The van der Waals surface area contributed by atoms with E-state index in [1.165, 1.54) is 25.3 Å². The molecule has 1 N–H and O–H groups in total. The van der Waals surface area contributed by atoms with Crippen molar-refractivity contribution in [1.29, 1.82) is 0 Å². The number of ketones is 1. The van der Waals surface area contributed by atoms with Gasteiger partial charge in [-0.2, -0.15) is 0 Å². The quantitative estimate of drug-likeness (QED) is 0.514. The van der Waals surface area contributed by atoms with Gasteiger partial charge in [0.15, 0.2) is 5.78 Å². The van der Waals surface area contributed by atoms with Crippen LogP contribution in [0.2, 0.25) is 0 Å². The number of hydrogen-bond acceptors (Lipinski definition) is 5. The number of carbonyl (C=O) groups excluding carboxylic acids is 2. The number of phenolic OH excluding ortho intramolecular Hbond substituents is 1. The summed E-state index contributed by atoms with van der Waals surface area (Å²) < 4.78 is 10.0. The number of benzene rings is 1. The van der Waals surface area contributed by atoms with Gasteiger partial charge in [0, 0.05) is 0 Å². The van der Waals surface area contributed by atoms with Crippen LogP contribution in [0.1, 0.15) is 37.6 Å². The largest absolute Gasteiger partial charge is 0.507 e. The summed E-state index contributed by atoms with van der Waals surface area (Å²) in [5.41, 5.74) is -0.599. The first-order valence-electron chi connectivity index (χ1n) is 5.85. The van der Waals surface area contributed by atoms with Crippen molar-refractivity contribution >= 4 is 11.8 Å². The molecular formula is C14H18O5. The van der Waals surface area contributed by atoms with E-state index in [0.29, 0.717) is 5.75 Å². The summed E-state index contributed by atoms with van der Waals surface area (Å²) >= 11 is 0. The molecule has 0 saturated heterocycles. The molecule has 0 heterocycles. The lowest BCUT2D eigenvalue weighted by Gasteiger charge is -2.19. The Morgan fingerprint density at radius 3 is 2.42 bits per heavy atom. The van der Waals surface area contributed by atoms with Crippen LogP contribution in [0.5, 0.6) is 11.5 Å². The van der Waals surface area contributed by atoms with E-state index in [4.69, 9.17) is 9.47 Å². The zero-order valence-electron chi connectivity index (χ0n) is 11.5. The average Bonchev–Trinajstić information content (AvgIpc) is 2.26. The number of phenols is 1. The monoisotopic (exact) mass is 266 g/mol. The zero-order chi connectivity index (χ0) is 14.6. The summed E-state index contributed by atoms with van der Waals surface area (Å²) in [5, 5.41) is 9.62. The summed E-state index contributed by atoms with van der Waals surface area (Å²) in [7, 11) is 1.45. The number of hydrogen-bond donors (Lipinski definition) is 1. The van der Waals surface area contributed by atoms with Crippen molar-refractivity contribution in [1.82, 2.24) is 0 Å². The normalized spacial score (nSPS) is 10.9. The molecule has 1 rings (SSSR count). The number of carbonyl (C=O) groups is 2. The highest BCUT2D eigenvalue weighted by Crippen LogP contribution is 2.24. The van der Waals surface area contributed by atoms with Crippen molar-refractivity contribution in [2.75, 3.05) is 7.11 Å². The SMILES string of the molecule is COc1ccc(O)c(C(=O)CC(=O)OC(C)(C)C)c1. The third-order valence-electron chi connectivity index (χ3n) is 2.23. The van der Waals surface area contributed by atoms with Crippen LogP contribution in [0.15, 0.2) is 18.2 Å². The van der Waals surface area contributed by atoms with Crippen molar-refractivity contribution in [3.8, 4) is 11.5 Å². The van der Waals surface area contributed by atoms with Crippen molar-refractivity contribution in [3.63, 3.8) is 0 Å². The summed E-state index contributed by atoms with van der Waals surface area (Å²) in [6.07, 6.45) is -0.419. The maximum Gasteiger partial charge on any atom is 0.314 e. The molecule has 5 nitrogen and oxygen atoms in total. The van der Waals surface area contributed by atoms with Crippen LogP contribution in [0, 0.1) is 0 Å². The lowest BCUT2D eigenvalue weighted by Crippen LogP contribution is -2.25. The molecule has 104 valence electrons. The van der Waals surface area contributed by atoms with E-state index in [9.17, 15) is 14.7 Å². The fourth-order valence-corrected chi connectivity index (χ4v) is 1.47. The first-order chi connectivity index (χ1) is 8.73. The highest BCUT2D eigenvalue weighted by Gasteiger charge is 2.21. The summed E-state index contributed by atoms with van der Waals surface area (Å²) in [5.74, 6) is -0.884. The Bertz CT molecular complexity index is 485. The molecule has 0 spiro atoms. The highest BCUT2D eigenvalue weighted by molar-refractivity contribution is 6.07. The van der Waals surface area contributed by atoms with Crippen LogP contribution >= 0.6 is 0 Å². The van der Waals surface area contributed by atoms with Gasteiger partial charge in [-0.3, -0.25) is 9.59 Å². The van der Waals surface area contributed by atoms with Gasteiger partial charge in [-0.05, 0) is 39.0 Å². The van der Waals surface area contributed by atoms with Gasteiger partial charge in [-0.25, -0.2) is 0 Å². The fourth-order valence-electron chi connectivity index (χ4n) is 1.47. The van der Waals surface area contributed by atoms with Gasteiger partial charge in [-0.1, -0.05) is 0 Å². The Labute approximate surface area is 112 Å². The maximum absolute atomic E-state index is 11.9. The van der Waals surface area contributed by atoms with E-state index in [2.05, 4.69) is 0 Å². The van der Waals surface area contributed by atoms with Crippen LogP contribution < -0.4 is 4.74 Å². The third-order valence-corrected chi connectivity index (χ3v) is 2.23. The van der Waals surface area contributed by atoms with Gasteiger partial charge in [0.2, 0.25) is 0 Å². The molecule has 0 amide bonds. The molecule has 0 aliphatic rings. The van der Waals surface area contributed by atoms with E-state index in [1.54, 1.807) is 20.8 Å².